The van der Waals surface area contributed by atoms with Gasteiger partial charge in [0.05, 0.1) is 7.11 Å². The van der Waals surface area contributed by atoms with Gasteiger partial charge in [0.2, 0.25) is 0 Å². The smallest absolute Gasteiger partial charge is 0.133 e. The topological polar surface area (TPSA) is 44.5 Å². The number of halogens is 1. The quantitative estimate of drug-likeness (QED) is 0.912. The molecule has 21 heavy (non-hydrogen) atoms. The van der Waals surface area contributed by atoms with Gasteiger partial charge in [-0.3, -0.25) is 0 Å². The number of hydrogen-bond donors (Lipinski definition) is 1. The van der Waals surface area contributed by atoms with Crippen LogP contribution < -0.4 is 15.2 Å². The highest BCUT2D eigenvalue weighted by atomic mass is 19.1. The molecule has 2 aromatic carbocycles. The van der Waals surface area contributed by atoms with Crippen LogP contribution in [0.5, 0.6) is 11.5 Å². The molecule has 1 atom stereocenters. The molecule has 0 amide bonds. The van der Waals surface area contributed by atoms with Crippen molar-refractivity contribution in [1.29, 1.82) is 0 Å². The molecule has 0 saturated carbocycles. The summed E-state index contributed by atoms with van der Waals surface area (Å²) >= 11 is 0. The van der Waals surface area contributed by atoms with Gasteiger partial charge < -0.3 is 15.2 Å². The summed E-state index contributed by atoms with van der Waals surface area (Å²) in [6, 6.07) is 10.4. The van der Waals surface area contributed by atoms with Crippen LogP contribution in [0.15, 0.2) is 36.4 Å². The number of ether oxygens (including phenoxy) is 2. The zero-order valence-corrected chi connectivity index (χ0v) is 12.5. The maximum atomic E-state index is 13.9. The molecule has 0 heterocycles. The average Bonchev–Trinajstić information content (AvgIpc) is 2.45. The van der Waals surface area contributed by atoms with Crippen LogP contribution in [-0.4, -0.2) is 7.11 Å². The van der Waals surface area contributed by atoms with Crippen LogP contribution >= 0.6 is 0 Å². The minimum Gasteiger partial charge on any atom is -0.497 e. The minimum atomic E-state index is -0.343. The van der Waals surface area contributed by atoms with Gasteiger partial charge in [0.15, 0.2) is 0 Å². The molecular weight excluding hydrogens is 269 g/mol. The van der Waals surface area contributed by atoms with Gasteiger partial charge in [-0.15, -0.1) is 0 Å². The van der Waals surface area contributed by atoms with Crippen LogP contribution in [-0.2, 0) is 6.61 Å². The van der Waals surface area contributed by atoms with E-state index in [4.69, 9.17) is 15.2 Å². The summed E-state index contributed by atoms with van der Waals surface area (Å²) in [6.07, 6.45) is 0. The highest BCUT2D eigenvalue weighted by molar-refractivity contribution is 5.39. The molecule has 112 valence electrons. The molecule has 0 bridgehead atoms. The first kappa shape index (κ1) is 15.3. The second-order valence-corrected chi connectivity index (χ2v) is 5.08. The average molecular weight is 289 g/mol. The third kappa shape index (κ3) is 3.73. The highest BCUT2D eigenvalue weighted by Gasteiger charge is 2.10. The third-order valence-electron chi connectivity index (χ3n) is 3.30. The Morgan fingerprint density at radius 3 is 2.57 bits per heavy atom. The molecule has 0 aliphatic carbocycles. The number of benzene rings is 2. The second-order valence-electron chi connectivity index (χ2n) is 5.08. The van der Waals surface area contributed by atoms with E-state index in [9.17, 15) is 4.39 Å². The lowest BCUT2D eigenvalue weighted by atomic mass is 10.1. The third-order valence-corrected chi connectivity index (χ3v) is 3.30. The predicted molar refractivity (Wildman–Crippen MR) is 81.1 cm³/mol. The maximum Gasteiger partial charge on any atom is 0.133 e. The van der Waals surface area contributed by atoms with Crippen molar-refractivity contribution in [2.45, 2.75) is 26.5 Å². The van der Waals surface area contributed by atoms with Gasteiger partial charge in [-0.25, -0.2) is 4.39 Å². The van der Waals surface area contributed by atoms with E-state index >= 15 is 0 Å². The second kappa shape index (κ2) is 6.59. The van der Waals surface area contributed by atoms with Crippen LogP contribution in [0.1, 0.15) is 29.7 Å². The fourth-order valence-corrected chi connectivity index (χ4v) is 2.07. The molecular formula is C17H20FNO2. The van der Waals surface area contributed by atoms with Gasteiger partial charge in [0.25, 0.3) is 0 Å². The minimum absolute atomic E-state index is 0.138. The van der Waals surface area contributed by atoms with E-state index in [2.05, 4.69) is 0 Å². The number of methoxy groups -OCH3 is 1. The van der Waals surface area contributed by atoms with Crippen molar-refractivity contribution < 1.29 is 13.9 Å². The number of aryl methyl sites for hydroxylation is 1. The van der Waals surface area contributed by atoms with Crippen molar-refractivity contribution >= 4 is 0 Å². The molecule has 0 aliphatic heterocycles. The van der Waals surface area contributed by atoms with Gasteiger partial charge in [-0.05, 0) is 37.6 Å². The fourth-order valence-electron chi connectivity index (χ4n) is 2.07. The van der Waals surface area contributed by atoms with Crippen LogP contribution in [0.3, 0.4) is 0 Å². The molecule has 0 fully saturated rings. The molecule has 2 N–H and O–H groups in total. The van der Waals surface area contributed by atoms with Crippen molar-refractivity contribution in [3.8, 4) is 11.5 Å². The first-order chi connectivity index (χ1) is 10.0. The summed E-state index contributed by atoms with van der Waals surface area (Å²) in [6.45, 7) is 4.02. The van der Waals surface area contributed by atoms with Crippen molar-refractivity contribution in [2.75, 3.05) is 7.11 Å². The van der Waals surface area contributed by atoms with Crippen LogP contribution in [0, 0.1) is 12.7 Å². The summed E-state index contributed by atoms with van der Waals surface area (Å²) < 4.78 is 24.6. The van der Waals surface area contributed by atoms with Gasteiger partial charge in [-0.2, -0.15) is 0 Å². The van der Waals surface area contributed by atoms with Crippen molar-refractivity contribution in [2.24, 2.45) is 5.73 Å². The Kier molecular flexibility index (Phi) is 4.81. The Morgan fingerprint density at radius 2 is 1.95 bits per heavy atom. The van der Waals surface area contributed by atoms with Crippen LogP contribution in [0.2, 0.25) is 0 Å². The van der Waals surface area contributed by atoms with E-state index in [-0.39, 0.29) is 18.5 Å². The van der Waals surface area contributed by atoms with E-state index in [1.165, 1.54) is 13.2 Å². The first-order valence-corrected chi connectivity index (χ1v) is 6.82. The largest absolute Gasteiger partial charge is 0.497 e. The Hall–Kier alpha value is -2.07. The van der Waals surface area contributed by atoms with Crippen molar-refractivity contribution in [3.05, 3.63) is 58.9 Å². The summed E-state index contributed by atoms with van der Waals surface area (Å²) in [5.41, 5.74) is 8.40. The number of hydrogen-bond acceptors (Lipinski definition) is 3. The van der Waals surface area contributed by atoms with E-state index < -0.39 is 0 Å². The summed E-state index contributed by atoms with van der Waals surface area (Å²) in [5, 5.41) is 0. The van der Waals surface area contributed by atoms with E-state index in [1.807, 2.05) is 32.0 Å². The molecule has 4 heteroatoms. The normalized spacial score (nSPS) is 12.0. The Labute approximate surface area is 124 Å². The lowest BCUT2D eigenvalue weighted by Crippen LogP contribution is -2.08. The number of nitrogens with two attached hydrogens (primary N) is 1. The number of rotatable bonds is 5. The van der Waals surface area contributed by atoms with Gasteiger partial charge >= 0.3 is 0 Å². The summed E-state index contributed by atoms with van der Waals surface area (Å²) in [5.74, 6) is 0.840. The maximum absolute atomic E-state index is 13.9. The van der Waals surface area contributed by atoms with Gasteiger partial charge in [0, 0.05) is 23.2 Å². The first-order valence-electron chi connectivity index (χ1n) is 6.82. The van der Waals surface area contributed by atoms with Crippen LogP contribution in [0.4, 0.5) is 4.39 Å². The van der Waals surface area contributed by atoms with E-state index in [0.717, 1.165) is 11.1 Å². The molecule has 3 nitrogen and oxygen atoms in total. The van der Waals surface area contributed by atoms with Crippen molar-refractivity contribution in [1.82, 2.24) is 0 Å². The molecule has 2 aromatic rings. The Balaban J connectivity index is 2.18. The summed E-state index contributed by atoms with van der Waals surface area (Å²) in [4.78, 5) is 0. The van der Waals surface area contributed by atoms with Crippen LogP contribution in [0.25, 0.3) is 0 Å². The molecule has 0 unspecified atom stereocenters. The zero-order valence-electron chi connectivity index (χ0n) is 12.5. The van der Waals surface area contributed by atoms with E-state index in [0.29, 0.717) is 17.1 Å². The van der Waals surface area contributed by atoms with Gasteiger partial charge in [0.1, 0.15) is 23.9 Å². The van der Waals surface area contributed by atoms with Gasteiger partial charge in [-0.1, -0.05) is 12.1 Å². The van der Waals surface area contributed by atoms with Crippen molar-refractivity contribution in [3.63, 3.8) is 0 Å². The molecule has 0 saturated heterocycles. The SMILES string of the molecule is COc1ccc(COc2cc(C)ccc2[C@@H](C)N)c(F)c1. The Morgan fingerprint density at radius 1 is 1.19 bits per heavy atom. The molecule has 2 rings (SSSR count). The molecule has 0 aromatic heterocycles. The lowest BCUT2D eigenvalue weighted by Gasteiger charge is -2.15. The van der Waals surface area contributed by atoms with E-state index in [1.54, 1.807) is 12.1 Å². The standard InChI is InChI=1S/C17H20FNO2/c1-11-4-7-15(12(2)19)17(8-11)21-10-13-5-6-14(20-3)9-16(13)18/h4-9,12H,10,19H2,1-3H3/t12-/m1/s1. The molecule has 0 radical (unpaired) electrons. The monoisotopic (exact) mass is 289 g/mol. The highest BCUT2D eigenvalue weighted by Crippen LogP contribution is 2.26. The summed E-state index contributed by atoms with van der Waals surface area (Å²) in [7, 11) is 1.51. The molecule has 0 spiro atoms. The lowest BCUT2D eigenvalue weighted by molar-refractivity contribution is 0.294. The predicted octanol–water partition coefficient (Wildman–Crippen LogP) is 3.74. The zero-order chi connectivity index (χ0) is 15.4. The molecule has 0 aliphatic rings. The Bertz CT molecular complexity index is 626. The fraction of sp³-hybridized carbons (Fsp3) is 0.294.